The molecule has 0 aliphatic rings. The van der Waals surface area contributed by atoms with E-state index in [0.717, 1.165) is 43.1 Å². The van der Waals surface area contributed by atoms with E-state index < -0.39 is 0 Å². The molecule has 0 heterocycles. The van der Waals surface area contributed by atoms with Crippen LogP contribution in [0.15, 0.2) is 28.0 Å². The molecule has 0 aliphatic carbocycles. The van der Waals surface area contributed by atoms with Gasteiger partial charge in [-0.05, 0) is 81.0 Å². The monoisotopic (exact) mass is 580 g/mol. The number of hydrogen-bond donors (Lipinski definition) is 0. The third kappa shape index (κ3) is 10.8. The minimum Gasteiger partial charge on any atom is -0.492 e. The molecule has 0 amide bonds. The molecule has 39 heavy (non-hydrogen) atoms. The number of rotatable bonds is 22. The van der Waals surface area contributed by atoms with Crippen LogP contribution in [-0.2, 0) is 31.8 Å². The average Bonchev–Trinajstić information content (AvgIpc) is 2.94. The summed E-state index contributed by atoms with van der Waals surface area (Å²) in [5.41, 5.74) is 2.72. The first-order chi connectivity index (χ1) is 19.1. The molecule has 2 aromatic carbocycles. The van der Waals surface area contributed by atoms with Gasteiger partial charge in [0.2, 0.25) is 0 Å². The molecule has 0 N–H and O–H groups in total. The highest BCUT2D eigenvalue weighted by molar-refractivity contribution is 7.99. The van der Waals surface area contributed by atoms with Crippen LogP contribution in [0.4, 0.5) is 0 Å². The molecular weight excluding hydrogens is 528 g/mol. The predicted molar refractivity (Wildman–Crippen MR) is 168 cm³/mol. The minimum atomic E-state index is -0.226. The Morgan fingerprint density at radius 2 is 1.23 bits per heavy atom. The van der Waals surface area contributed by atoms with Crippen molar-refractivity contribution in [1.82, 2.24) is 0 Å². The fourth-order valence-corrected chi connectivity index (χ4v) is 6.99. The van der Waals surface area contributed by atoms with Gasteiger partial charge in [0.1, 0.15) is 5.75 Å². The zero-order valence-electron chi connectivity index (χ0n) is 25.4. The highest BCUT2D eigenvalue weighted by Crippen LogP contribution is 2.42. The summed E-state index contributed by atoms with van der Waals surface area (Å²) in [6, 6.07) is 6.87. The maximum Gasteiger partial charge on any atom is 0.166 e. The molecule has 0 saturated carbocycles. The van der Waals surface area contributed by atoms with E-state index in [1.807, 2.05) is 39.5 Å². The van der Waals surface area contributed by atoms with Crippen LogP contribution in [-0.4, -0.2) is 57.1 Å². The fourth-order valence-electron chi connectivity index (χ4n) is 4.71. The van der Waals surface area contributed by atoms with E-state index in [0.29, 0.717) is 26.4 Å². The summed E-state index contributed by atoms with van der Waals surface area (Å²) in [5.74, 6) is 2.49. The molecule has 0 saturated heterocycles. The van der Waals surface area contributed by atoms with E-state index in [1.54, 1.807) is 11.8 Å². The Labute approximate surface area is 246 Å². The summed E-state index contributed by atoms with van der Waals surface area (Å²) in [6.07, 6.45) is 6.22. The van der Waals surface area contributed by atoms with E-state index in [-0.39, 0.29) is 12.6 Å². The Bertz CT molecular complexity index is 940. The van der Waals surface area contributed by atoms with Gasteiger partial charge < -0.3 is 23.7 Å². The van der Waals surface area contributed by atoms with Crippen molar-refractivity contribution in [2.45, 2.75) is 109 Å². The molecule has 2 aromatic rings. The number of thioether (sulfide) groups is 2. The standard InChI is InChI=1S/C32H52O5S2/c1-8-15-16-17-20-37-28-21-27-24(9-2)29(38-22-30(33-11-4)34-12-5)19-18-26(27)25(10-3)32(28)39-23-31(35-13-6)36-14-7/h18-19,21,30-31H,8-17,20,22-23H2,1-7H3. The van der Waals surface area contributed by atoms with Crippen molar-refractivity contribution in [1.29, 1.82) is 0 Å². The number of ether oxygens (including phenoxy) is 5. The van der Waals surface area contributed by atoms with Crippen molar-refractivity contribution >= 4 is 34.3 Å². The van der Waals surface area contributed by atoms with Crippen LogP contribution in [0.25, 0.3) is 10.8 Å². The lowest BCUT2D eigenvalue weighted by molar-refractivity contribution is -0.120. The van der Waals surface area contributed by atoms with Crippen LogP contribution >= 0.6 is 23.5 Å². The van der Waals surface area contributed by atoms with E-state index in [9.17, 15) is 0 Å². The van der Waals surface area contributed by atoms with Crippen LogP contribution in [0.5, 0.6) is 5.75 Å². The third-order valence-electron chi connectivity index (χ3n) is 6.52. The number of fused-ring (bicyclic) bond motifs is 1. The van der Waals surface area contributed by atoms with Gasteiger partial charge in [-0.25, -0.2) is 0 Å². The number of benzene rings is 2. The van der Waals surface area contributed by atoms with Gasteiger partial charge in [-0.3, -0.25) is 0 Å². The quantitative estimate of drug-likeness (QED) is 0.0783. The Hall–Kier alpha value is -0.960. The Kier molecular flexibility index (Phi) is 17.6. The normalized spacial score (nSPS) is 11.8. The number of hydrogen-bond acceptors (Lipinski definition) is 7. The minimum absolute atomic E-state index is 0.193. The smallest absolute Gasteiger partial charge is 0.166 e. The lowest BCUT2D eigenvalue weighted by atomic mass is 9.97. The molecule has 0 unspecified atom stereocenters. The molecule has 0 atom stereocenters. The van der Waals surface area contributed by atoms with Crippen LogP contribution in [0.3, 0.4) is 0 Å². The van der Waals surface area contributed by atoms with Crippen molar-refractivity contribution in [2.75, 3.05) is 44.5 Å². The summed E-state index contributed by atoms with van der Waals surface area (Å²) in [6.45, 7) is 18.1. The van der Waals surface area contributed by atoms with Gasteiger partial charge in [0.25, 0.3) is 0 Å². The first-order valence-corrected chi connectivity index (χ1v) is 17.0. The van der Waals surface area contributed by atoms with Crippen molar-refractivity contribution in [3.63, 3.8) is 0 Å². The highest BCUT2D eigenvalue weighted by atomic mass is 32.2. The summed E-state index contributed by atoms with van der Waals surface area (Å²) >= 11 is 3.62. The van der Waals surface area contributed by atoms with E-state index in [1.165, 1.54) is 51.0 Å². The first-order valence-electron chi connectivity index (χ1n) is 15.0. The van der Waals surface area contributed by atoms with Crippen LogP contribution in [0.2, 0.25) is 0 Å². The second-order valence-corrected chi connectivity index (χ2v) is 11.3. The lowest BCUT2D eigenvalue weighted by Gasteiger charge is -2.22. The molecule has 0 aromatic heterocycles. The van der Waals surface area contributed by atoms with Crippen LogP contribution in [0, 0.1) is 0 Å². The van der Waals surface area contributed by atoms with Gasteiger partial charge in [-0.1, -0.05) is 46.1 Å². The fraction of sp³-hybridized carbons (Fsp3) is 0.688. The van der Waals surface area contributed by atoms with Gasteiger partial charge >= 0.3 is 0 Å². The first kappa shape index (κ1) is 34.2. The predicted octanol–water partition coefficient (Wildman–Crippen LogP) is 8.91. The van der Waals surface area contributed by atoms with Crippen molar-refractivity contribution in [3.05, 3.63) is 29.3 Å². The van der Waals surface area contributed by atoms with Crippen LogP contribution < -0.4 is 4.74 Å². The molecule has 7 heteroatoms. The maximum absolute atomic E-state index is 6.54. The van der Waals surface area contributed by atoms with Gasteiger partial charge in [0.05, 0.1) is 11.5 Å². The zero-order chi connectivity index (χ0) is 28.5. The third-order valence-corrected chi connectivity index (χ3v) is 8.83. The molecule has 0 aliphatic heterocycles. The molecule has 2 rings (SSSR count). The van der Waals surface area contributed by atoms with Crippen molar-refractivity contribution in [3.8, 4) is 5.75 Å². The molecule has 0 spiro atoms. The number of aryl methyl sites for hydroxylation is 2. The summed E-state index contributed by atoms with van der Waals surface area (Å²) < 4.78 is 29.9. The maximum atomic E-state index is 6.54. The molecule has 0 radical (unpaired) electrons. The second kappa shape index (κ2) is 20.0. The summed E-state index contributed by atoms with van der Waals surface area (Å²) in [5, 5.41) is 2.61. The zero-order valence-corrected chi connectivity index (χ0v) is 27.1. The Morgan fingerprint density at radius 3 is 1.77 bits per heavy atom. The molecule has 0 fully saturated rings. The molecule has 0 bridgehead atoms. The van der Waals surface area contributed by atoms with Gasteiger partial charge in [-0.2, -0.15) is 0 Å². The molecule has 222 valence electrons. The second-order valence-electron chi connectivity index (χ2n) is 9.24. The lowest BCUT2D eigenvalue weighted by Crippen LogP contribution is -2.20. The van der Waals surface area contributed by atoms with Gasteiger partial charge in [0.15, 0.2) is 12.6 Å². The SMILES string of the molecule is CCCCCCOc1cc2c(CC)c(SCC(OCC)OCC)ccc2c(CC)c1SCC(OCC)OCC. The van der Waals surface area contributed by atoms with Crippen LogP contribution in [0.1, 0.15) is 85.3 Å². The topological polar surface area (TPSA) is 46.2 Å². The molecular formula is C32H52O5S2. The van der Waals surface area contributed by atoms with E-state index in [4.69, 9.17) is 23.7 Å². The van der Waals surface area contributed by atoms with Crippen molar-refractivity contribution in [2.24, 2.45) is 0 Å². The Morgan fingerprint density at radius 1 is 0.641 bits per heavy atom. The summed E-state index contributed by atoms with van der Waals surface area (Å²) in [4.78, 5) is 2.51. The van der Waals surface area contributed by atoms with Gasteiger partial charge in [-0.15, -0.1) is 23.5 Å². The van der Waals surface area contributed by atoms with E-state index >= 15 is 0 Å². The highest BCUT2D eigenvalue weighted by Gasteiger charge is 2.20. The summed E-state index contributed by atoms with van der Waals surface area (Å²) in [7, 11) is 0. The average molecular weight is 581 g/mol. The van der Waals surface area contributed by atoms with Crippen molar-refractivity contribution < 1.29 is 23.7 Å². The Balaban J connectivity index is 2.48. The number of unbranched alkanes of at least 4 members (excludes halogenated alkanes) is 3. The van der Waals surface area contributed by atoms with E-state index in [2.05, 4.69) is 39.0 Å². The molecule has 5 nitrogen and oxygen atoms in total. The largest absolute Gasteiger partial charge is 0.492 e. The van der Waals surface area contributed by atoms with Gasteiger partial charge in [0, 0.05) is 42.8 Å².